The molecular formula is C14H30N2O2S. The van der Waals surface area contributed by atoms with Crippen LogP contribution in [-0.2, 0) is 10.0 Å². The van der Waals surface area contributed by atoms with Gasteiger partial charge in [0.05, 0.1) is 5.75 Å². The Morgan fingerprint density at radius 1 is 1.26 bits per heavy atom. The maximum atomic E-state index is 12.4. The molecule has 1 N–H and O–H groups in total. The number of hydrogen-bond acceptors (Lipinski definition) is 3. The monoisotopic (exact) mass is 290 g/mol. The summed E-state index contributed by atoms with van der Waals surface area (Å²) in [5.41, 5.74) is 0.0650. The van der Waals surface area contributed by atoms with Crippen molar-refractivity contribution < 1.29 is 8.42 Å². The number of nitrogens with one attached hydrogen (secondary N) is 1. The van der Waals surface area contributed by atoms with Crippen molar-refractivity contribution >= 4 is 10.0 Å². The molecule has 1 heterocycles. The summed E-state index contributed by atoms with van der Waals surface area (Å²) < 4.78 is 26.4. The third kappa shape index (κ3) is 6.23. The van der Waals surface area contributed by atoms with Gasteiger partial charge in [0.1, 0.15) is 0 Å². The van der Waals surface area contributed by atoms with Crippen molar-refractivity contribution in [1.82, 2.24) is 9.62 Å². The SMILES string of the molecule is CCN(CC1CCCCN1)S(=O)(=O)CCC(C)(C)C. The van der Waals surface area contributed by atoms with E-state index in [1.807, 2.05) is 6.92 Å². The molecule has 114 valence electrons. The Morgan fingerprint density at radius 2 is 1.95 bits per heavy atom. The number of piperidine rings is 1. The van der Waals surface area contributed by atoms with Crippen molar-refractivity contribution in [2.75, 3.05) is 25.4 Å². The molecule has 1 atom stereocenters. The first-order valence-electron chi connectivity index (χ1n) is 7.46. The molecule has 1 saturated heterocycles. The van der Waals surface area contributed by atoms with Crippen LogP contribution < -0.4 is 5.32 Å². The standard InChI is InChI=1S/C14H30N2O2S/c1-5-16(12-13-8-6-7-10-15-13)19(17,18)11-9-14(2,3)4/h13,15H,5-12H2,1-4H3. The van der Waals surface area contributed by atoms with Crippen LogP contribution in [0.2, 0.25) is 0 Å². The molecule has 0 radical (unpaired) electrons. The zero-order valence-corrected chi connectivity index (χ0v) is 13.7. The second kappa shape index (κ2) is 7.04. The minimum Gasteiger partial charge on any atom is -0.313 e. The van der Waals surface area contributed by atoms with Crippen molar-refractivity contribution in [3.63, 3.8) is 0 Å². The van der Waals surface area contributed by atoms with Crippen molar-refractivity contribution in [3.8, 4) is 0 Å². The van der Waals surface area contributed by atoms with Crippen LogP contribution in [-0.4, -0.2) is 44.2 Å². The first kappa shape index (κ1) is 16.9. The Morgan fingerprint density at radius 3 is 2.42 bits per heavy atom. The molecule has 0 saturated carbocycles. The zero-order valence-electron chi connectivity index (χ0n) is 12.9. The van der Waals surface area contributed by atoms with E-state index in [0.717, 1.165) is 13.0 Å². The van der Waals surface area contributed by atoms with Gasteiger partial charge in [0, 0.05) is 19.1 Å². The number of nitrogens with zero attached hydrogens (tertiary/aromatic N) is 1. The lowest BCUT2D eigenvalue weighted by molar-refractivity contribution is 0.316. The highest BCUT2D eigenvalue weighted by atomic mass is 32.2. The Balaban J connectivity index is 2.56. The largest absolute Gasteiger partial charge is 0.313 e. The first-order chi connectivity index (χ1) is 8.74. The molecule has 5 heteroatoms. The Labute approximate surface area is 119 Å². The summed E-state index contributed by atoms with van der Waals surface area (Å²) in [4.78, 5) is 0. The van der Waals surface area contributed by atoms with Gasteiger partial charge < -0.3 is 5.32 Å². The summed E-state index contributed by atoms with van der Waals surface area (Å²) in [6.07, 6.45) is 4.21. The fraction of sp³-hybridized carbons (Fsp3) is 1.00. The summed E-state index contributed by atoms with van der Waals surface area (Å²) in [5, 5.41) is 3.42. The van der Waals surface area contributed by atoms with E-state index in [1.54, 1.807) is 4.31 Å². The maximum Gasteiger partial charge on any atom is 0.214 e. The lowest BCUT2D eigenvalue weighted by atomic mass is 9.94. The highest BCUT2D eigenvalue weighted by Crippen LogP contribution is 2.21. The van der Waals surface area contributed by atoms with Crippen LogP contribution >= 0.6 is 0 Å². The minimum absolute atomic E-state index is 0.0650. The van der Waals surface area contributed by atoms with Crippen molar-refractivity contribution in [2.24, 2.45) is 5.41 Å². The highest BCUT2D eigenvalue weighted by Gasteiger charge is 2.26. The van der Waals surface area contributed by atoms with Gasteiger partial charge in [-0.05, 0) is 31.2 Å². The smallest absolute Gasteiger partial charge is 0.214 e. The molecule has 0 spiro atoms. The summed E-state index contributed by atoms with van der Waals surface area (Å²) in [5.74, 6) is 0.261. The summed E-state index contributed by atoms with van der Waals surface area (Å²) >= 11 is 0. The van der Waals surface area contributed by atoms with Crippen molar-refractivity contribution in [1.29, 1.82) is 0 Å². The van der Waals surface area contributed by atoms with Crippen LogP contribution in [0.1, 0.15) is 53.4 Å². The first-order valence-corrected chi connectivity index (χ1v) is 9.07. The lowest BCUT2D eigenvalue weighted by Gasteiger charge is -2.30. The van der Waals surface area contributed by atoms with Gasteiger partial charge in [-0.3, -0.25) is 0 Å². The van der Waals surface area contributed by atoms with Gasteiger partial charge in [0.15, 0.2) is 0 Å². The number of sulfonamides is 1. The normalized spacial score (nSPS) is 21.8. The Bertz CT molecular complexity index is 354. The zero-order chi connectivity index (χ0) is 14.5. The van der Waals surface area contributed by atoms with E-state index >= 15 is 0 Å². The fourth-order valence-corrected chi connectivity index (χ4v) is 4.26. The van der Waals surface area contributed by atoms with Crippen LogP contribution in [0.5, 0.6) is 0 Å². The third-order valence-electron chi connectivity index (χ3n) is 3.69. The van der Waals surface area contributed by atoms with E-state index in [2.05, 4.69) is 26.1 Å². The topological polar surface area (TPSA) is 49.4 Å². The van der Waals surface area contributed by atoms with E-state index in [0.29, 0.717) is 25.6 Å². The maximum absolute atomic E-state index is 12.4. The van der Waals surface area contributed by atoms with Gasteiger partial charge >= 0.3 is 0 Å². The van der Waals surface area contributed by atoms with Gasteiger partial charge in [0.2, 0.25) is 10.0 Å². The molecule has 0 aromatic carbocycles. The molecule has 1 fully saturated rings. The molecule has 1 aliphatic heterocycles. The summed E-state index contributed by atoms with van der Waals surface area (Å²) in [6.45, 7) is 10.4. The molecule has 0 aromatic rings. The van der Waals surface area contributed by atoms with Crippen LogP contribution in [0.15, 0.2) is 0 Å². The second-order valence-electron chi connectivity index (χ2n) is 6.72. The molecule has 0 bridgehead atoms. The molecule has 19 heavy (non-hydrogen) atoms. The predicted molar refractivity (Wildman–Crippen MR) is 80.7 cm³/mol. The fourth-order valence-electron chi connectivity index (χ4n) is 2.33. The van der Waals surface area contributed by atoms with Gasteiger partial charge in [0.25, 0.3) is 0 Å². The molecule has 1 rings (SSSR count). The Kier molecular flexibility index (Phi) is 6.27. The van der Waals surface area contributed by atoms with Crippen LogP contribution in [0.4, 0.5) is 0 Å². The third-order valence-corrected chi connectivity index (χ3v) is 5.61. The number of likely N-dealkylation sites (N-methyl/N-ethyl adjacent to an activating group) is 1. The van der Waals surface area contributed by atoms with Crippen molar-refractivity contribution in [2.45, 2.75) is 59.4 Å². The quantitative estimate of drug-likeness (QED) is 0.816. The minimum atomic E-state index is -3.11. The number of hydrogen-bond donors (Lipinski definition) is 1. The van der Waals surface area contributed by atoms with Crippen molar-refractivity contribution in [3.05, 3.63) is 0 Å². The average Bonchev–Trinajstić information content (AvgIpc) is 2.34. The molecule has 0 amide bonds. The predicted octanol–water partition coefficient (Wildman–Crippen LogP) is 2.22. The van der Waals surface area contributed by atoms with Crippen LogP contribution in [0.3, 0.4) is 0 Å². The van der Waals surface area contributed by atoms with E-state index < -0.39 is 10.0 Å². The summed E-state index contributed by atoms with van der Waals surface area (Å²) in [6, 6.07) is 0.332. The molecule has 1 unspecified atom stereocenters. The average molecular weight is 290 g/mol. The van der Waals surface area contributed by atoms with Crippen LogP contribution in [0, 0.1) is 5.41 Å². The molecular weight excluding hydrogens is 260 g/mol. The van der Waals surface area contributed by atoms with Gasteiger partial charge in [-0.2, -0.15) is 0 Å². The number of rotatable bonds is 6. The van der Waals surface area contributed by atoms with Crippen LogP contribution in [0.25, 0.3) is 0 Å². The van der Waals surface area contributed by atoms with E-state index in [1.165, 1.54) is 12.8 Å². The summed E-state index contributed by atoms with van der Waals surface area (Å²) in [7, 11) is -3.11. The van der Waals surface area contributed by atoms with E-state index in [9.17, 15) is 8.42 Å². The van der Waals surface area contributed by atoms with Gasteiger partial charge in [-0.1, -0.05) is 34.1 Å². The molecule has 0 aliphatic carbocycles. The van der Waals surface area contributed by atoms with Gasteiger partial charge in [-0.25, -0.2) is 12.7 Å². The lowest BCUT2D eigenvalue weighted by Crippen LogP contribution is -2.46. The second-order valence-corrected chi connectivity index (χ2v) is 8.81. The Hall–Kier alpha value is -0.130. The highest BCUT2D eigenvalue weighted by molar-refractivity contribution is 7.89. The molecule has 1 aliphatic rings. The van der Waals surface area contributed by atoms with Gasteiger partial charge in [-0.15, -0.1) is 0 Å². The molecule has 4 nitrogen and oxygen atoms in total. The van der Waals surface area contributed by atoms with E-state index in [-0.39, 0.29) is 11.2 Å². The molecule has 0 aromatic heterocycles. The van der Waals surface area contributed by atoms with E-state index in [4.69, 9.17) is 0 Å².